The number of rotatable bonds is 6. The van der Waals surface area contributed by atoms with Crippen LogP contribution in [0.5, 0.6) is 5.75 Å². The molecule has 0 saturated carbocycles. The number of fused-ring (bicyclic) bond motifs is 1. The topological polar surface area (TPSA) is 93.8 Å². The first-order valence-corrected chi connectivity index (χ1v) is 10.1. The number of benzene rings is 1. The molecule has 3 heterocycles. The predicted octanol–water partition coefficient (Wildman–Crippen LogP) is 1.45. The number of methoxy groups -OCH3 is 1. The zero-order chi connectivity index (χ0) is 21.1. The monoisotopic (exact) mass is 410 g/mol. The molecule has 0 bridgehead atoms. The van der Waals surface area contributed by atoms with E-state index in [-0.39, 0.29) is 18.1 Å². The van der Waals surface area contributed by atoms with Crippen molar-refractivity contribution in [2.24, 2.45) is 5.92 Å². The van der Waals surface area contributed by atoms with Gasteiger partial charge in [-0.3, -0.25) is 4.79 Å². The molecule has 4 rings (SSSR count). The molecule has 1 unspecified atom stereocenters. The molecule has 0 radical (unpaired) electrons. The summed E-state index contributed by atoms with van der Waals surface area (Å²) in [6, 6.07) is 9.26. The summed E-state index contributed by atoms with van der Waals surface area (Å²) in [7, 11) is 1.61. The highest BCUT2D eigenvalue weighted by Gasteiger charge is 2.19. The Bertz CT molecular complexity index is 1090. The van der Waals surface area contributed by atoms with Gasteiger partial charge >= 0.3 is 5.69 Å². The molecule has 3 aromatic rings. The molecular formula is C21H26N6O3. The van der Waals surface area contributed by atoms with Gasteiger partial charge in [-0.25, -0.2) is 13.9 Å². The van der Waals surface area contributed by atoms with E-state index in [4.69, 9.17) is 4.74 Å². The molecule has 9 nitrogen and oxygen atoms in total. The number of carbonyl (C=O) groups excluding carboxylic acids is 1. The average molecular weight is 410 g/mol. The van der Waals surface area contributed by atoms with Crippen molar-refractivity contribution in [2.75, 3.05) is 25.1 Å². The lowest BCUT2D eigenvalue weighted by Crippen LogP contribution is -2.35. The lowest BCUT2D eigenvalue weighted by atomic mass is 10.0. The standard InChI is InChI=1S/C21H26N6O3/c1-15-4-3-10-25(13-15)18-9-11-26-20(23-18)24-27(21(26)29)14-19(28)22-12-16-5-7-17(30-2)8-6-16/h5-9,11,15H,3-4,10,12-14H2,1-2H3,(H,22,28). The van der Waals surface area contributed by atoms with Crippen molar-refractivity contribution >= 4 is 17.5 Å². The van der Waals surface area contributed by atoms with Crippen LogP contribution in [0.15, 0.2) is 41.3 Å². The van der Waals surface area contributed by atoms with Crippen molar-refractivity contribution in [3.05, 3.63) is 52.6 Å². The van der Waals surface area contributed by atoms with Crippen molar-refractivity contribution in [1.29, 1.82) is 0 Å². The molecule has 1 atom stereocenters. The molecule has 1 fully saturated rings. The quantitative estimate of drug-likeness (QED) is 0.661. The first kappa shape index (κ1) is 19.9. The van der Waals surface area contributed by atoms with Crippen molar-refractivity contribution in [1.82, 2.24) is 24.5 Å². The third-order valence-electron chi connectivity index (χ3n) is 5.36. The largest absolute Gasteiger partial charge is 0.497 e. The Kier molecular flexibility index (Phi) is 5.69. The molecule has 1 aliphatic rings. The Balaban J connectivity index is 1.43. The highest BCUT2D eigenvalue weighted by molar-refractivity contribution is 5.75. The van der Waals surface area contributed by atoms with Gasteiger partial charge in [-0.05, 0) is 42.5 Å². The number of aromatic nitrogens is 4. The molecule has 1 aliphatic heterocycles. The van der Waals surface area contributed by atoms with Crippen LogP contribution in [0.2, 0.25) is 0 Å². The second-order valence-corrected chi connectivity index (χ2v) is 7.71. The summed E-state index contributed by atoms with van der Waals surface area (Å²) < 4.78 is 7.64. The summed E-state index contributed by atoms with van der Waals surface area (Å²) >= 11 is 0. The van der Waals surface area contributed by atoms with Crippen LogP contribution in [0.3, 0.4) is 0 Å². The molecule has 0 spiro atoms. The summed E-state index contributed by atoms with van der Waals surface area (Å²) in [5.41, 5.74) is 0.559. The molecular weight excluding hydrogens is 384 g/mol. The molecule has 1 saturated heterocycles. The van der Waals surface area contributed by atoms with Crippen LogP contribution in [0, 0.1) is 5.92 Å². The molecule has 30 heavy (non-hydrogen) atoms. The minimum absolute atomic E-state index is 0.158. The van der Waals surface area contributed by atoms with E-state index < -0.39 is 0 Å². The van der Waals surface area contributed by atoms with Crippen LogP contribution in [-0.4, -0.2) is 45.3 Å². The van der Waals surface area contributed by atoms with E-state index in [2.05, 4.69) is 27.2 Å². The normalized spacial score (nSPS) is 16.6. The van der Waals surface area contributed by atoms with Gasteiger partial charge in [-0.2, -0.15) is 4.98 Å². The number of anilines is 1. The smallest absolute Gasteiger partial charge is 0.352 e. The number of nitrogens with one attached hydrogen (secondary N) is 1. The maximum atomic E-state index is 12.6. The van der Waals surface area contributed by atoms with E-state index >= 15 is 0 Å². The van der Waals surface area contributed by atoms with Crippen LogP contribution in [0.25, 0.3) is 5.78 Å². The van der Waals surface area contributed by atoms with Crippen LogP contribution in [0.4, 0.5) is 5.82 Å². The third-order valence-corrected chi connectivity index (χ3v) is 5.36. The second kappa shape index (κ2) is 8.56. The minimum atomic E-state index is -0.379. The third kappa shape index (κ3) is 4.29. The molecule has 9 heteroatoms. The lowest BCUT2D eigenvalue weighted by molar-refractivity contribution is -0.122. The number of hydrogen-bond donors (Lipinski definition) is 1. The first-order chi connectivity index (χ1) is 14.5. The van der Waals surface area contributed by atoms with Crippen molar-refractivity contribution in [3.8, 4) is 5.75 Å². The fraction of sp³-hybridized carbons (Fsp3) is 0.429. The lowest BCUT2D eigenvalue weighted by Gasteiger charge is -2.31. The van der Waals surface area contributed by atoms with Crippen molar-refractivity contribution in [2.45, 2.75) is 32.9 Å². The van der Waals surface area contributed by atoms with E-state index in [0.717, 1.165) is 41.3 Å². The Labute approximate surface area is 174 Å². The van der Waals surface area contributed by atoms with E-state index in [1.54, 1.807) is 13.3 Å². The predicted molar refractivity (Wildman–Crippen MR) is 113 cm³/mol. The number of amides is 1. The van der Waals surface area contributed by atoms with E-state index in [9.17, 15) is 9.59 Å². The SMILES string of the molecule is COc1ccc(CNC(=O)Cn2nc3nc(N4CCCC(C)C4)ccn3c2=O)cc1. The fourth-order valence-electron chi connectivity index (χ4n) is 3.71. The summed E-state index contributed by atoms with van der Waals surface area (Å²) in [5, 5.41) is 7.06. The Morgan fingerprint density at radius 3 is 2.80 bits per heavy atom. The summed E-state index contributed by atoms with van der Waals surface area (Å²) in [5.74, 6) is 2.20. The van der Waals surface area contributed by atoms with Gasteiger partial charge in [0.15, 0.2) is 0 Å². The van der Waals surface area contributed by atoms with Gasteiger partial charge in [0.25, 0.3) is 5.78 Å². The Hall–Kier alpha value is -3.36. The number of nitrogens with zero attached hydrogens (tertiary/aromatic N) is 5. The number of ether oxygens (including phenoxy) is 1. The molecule has 1 aromatic carbocycles. The molecule has 1 N–H and O–H groups in total. The van der Waals surface area contributed by atoms with Gasteiger partial charge in [0, 0.05) is 25.8 Å². The van der Waals surface area contributed by atoms with Gasteiger partial charge in [0.2, 0.25) is 5.91 Å². The molecule has 1 amide bonds. The Morgan fingerprint density at radius 1 is 1.27 bits per heavy atom. The molecule has 0 aliphatic carbocycles. The second-order valence-electron chi connectivity index (χ2n) is 7.71. The van der Waals surface area contributed by atoms with E-state index in [1.165, 1.54) is 10.8 Å². The minimum Gasteiger partial charge on any atom is -0.497 e. The average Bonchev–Trinajstić information content (AvgIpc) is 3.07. The van der Waals surface area contributed by atoms with Gasteiger partial charge < -0.3 is 15.0 Å². The van der Waals surface area contributed by atoms with Gasteiger partial charge in [0.1, 0.15) is 18.1 Å². The zero-order valence-corrected chi connectivity index (χ0v) is 17.2. The van der Waals surface area contributed by atoms with Gasteiger partial charge in [-0.1, -0.05) is 19.1 Å². The highest BCUT2D eigenvalue weighted by Crippen LogP contribution is 2.21. The van der Waals surface area contributed by atoms with Gasteiger partial charge in [0.05, 0.1) is 7.11 Å². The van der Waals surface area contributed by atoms with Crippen molar-refractivity contribution in [3.63, 3.8) is 0 Å². The van der Waals surface area contributed by atoms with Crippen LogP contribution < -0.4 is 20.6 Å². The first-order valence-electron chi connectivity index (χ1n) is 10.1. The number of piperidine rings is 1. The molecule has 158 valence electrons. The number of hydrogen-bond acceptors (Lipinski definition) is 6. The summed E-state index contributed by atoms with van der Waals surface area (Å²) in [4.78, 5) is 31.6. The van der Waals surface area contributed by atoms with E-state index in [1.807, 2.05) is 30.3 Å². The van der Waals surface area contributed by atoms with Crippen LogP contribution in [-0.2, 0) is 17.9 Å². The van der Waals surface area contributed by atoms with Gasteiger partial charge in [-0.15, -0.1) is 5.10 Å². The highest BCUT2D eigenvalue weighted by atomic mass is 16.5. The van der Waals surface area contributed by atoms with Crippen LogP contribution in [0.1, 0.15) is 25.3 Å². The number of carbonyl (C=O) groups is 1. The summed E-state index contributed by atoms with van der Waals surface area (Å²) in [6.07, 6.45) is 4.03. The maximum Gasteiger partial charge on any atom is 0.352 e. The van der Waals surface area contributed by atoms with Crippen LogP contribution >= 0.6 is 0 Å². The van der Waals surface area contributed by atoms with Crippen molar-refractivity contribution < 1.29 is 9.53 Å². The Morgan fingerprint density at radius 2 is 2.07 bits per heavy atom. The summed E-state index contributed by atoms with van der Waals surface area (Å²) in [6.45, 7) is 4.33. The van der Waals surface area contributed by atoms with E-state index in [0.29, 0.717) is 18.2 Å². The zero-order valence-electron chi connectivity index (χ0n) is 17.2. The maximum absolute atomic E-state index is 12.6. The molecule has 2 aromatic heterocycles. The fourth-order valence-corrected chi connectivity index (χ4v) is 3.71.